The molecule has 2 aromatic carbocycles. The number of allylic oxidation sites excluding steroid dienone is 1. The highest BCUT2D eigenvalue weighted by Crippen LogP contribution is 2.51. The molecule has 0 radical (unpaired) electrons. The van der Waals surface area contributed by atoms with E-state index in [1.54, 1.807) is 12.1 Å². The van der Waals surface area contributed by atoms with E-state index in [1.165, 1.54) is 21.8 Å². The first-order chi connectivity index (χ1) is 21.4. The average Bonchev–Trinajstić information content (AvgIpc) is 3.62. The van der Waals surface area contributed by atoms with Gasteiger partial charge in [0.15, 0.2) is 0 Å². The van der Waals surface area contributed by atoms with Gasteiger partial charge < -0.3 is 19.5 Å². The lowest BCUT2D eigenvalue weighted by molar-refractivity contribution is -0.140. The third-order valence-corrected chi connectivity index (χ3v) is 9.85. The number of hydrogen-bond acceptors (Lipinski definition) is 7. The zero-order valence-electron chi connectivity index (χ0n) is 24.9. The van der Waals surface area contributed by atoms with Crippen LogP contribution in [0.3, 0.4) is 0 Å². The Morgan fingerprint density at radius 3 is 2.66 bits per heavy atom. The van der Waals surface area contributed by atoms with Crippen molar-refractivity contribution in [2.75, 3.05) is 6.61 Å². The van der Waals surface area contributed by atoms with E-state index in [9.17, 15) is 19.7 Å². The Morgan fingerprint density at radius 2 is 1.91 bits per heavy atom. The largest absolute Gasteiger partial charge is 0.508 e. The van der Waals surface area contributed by atoms with E-state index in [0.29, 0.717) is 19.4 Å². The second-order valence-electron chi connectivity index (χ2n) is 11.9. The maximum atomic E-state index is 13.9. The van der Waals surface area contributed by atoms with E-state index in [-0.39, 0.29) is 36.3 Å². The maximum Gasteiger partial charge on any atom is 0.455 e. The Kier molecular flexibility index (Phi) is 9.35. The molecule has 2 fully saturated rings. The van der Waals surface area contributed by atoms with Gasteiger partial charge in [-0.1, -0.05) is 61.4 Å². The number of phenols is 1. The molecule has 1 aliphatic carbocycles. The molecular formula is C35H38BNO6S. The van der Waals surface area contributed by atoms with Crippen molar-refractivity contribution in [1.82, 2.24) is 4.90 Å². The second kappa shape index (κ2) is 13.5. The highest BCUT2D eigenvalue weighted by molar-refractivity contribution is 7.09. The number of nitrogens with zero attached hydrogens (tertiary/aromatic N) is 1. The monoisotopic (exact) mass is 611 g/mol. The van der Waals surface area contributed by atoms with Crippen LogP contribution in [0, 0.1) is 17.8 Å². The molecule has 9 heteroatoms. The van der Waals surface area contributed by atoms with Crippen molar-refractivity contribution < 1.29 is 29.1 Å². The van der Waals surface area contributed by atoms with E-state index >= 15 is 0 Å². The minimum atomic E-state index is -1.03. The topological polar surface area (TPSA) is 96.3 Å². The summed E-state index contributed by atoms with van der Waals surface area (Å²) in [5.41, 5.74) is 4.17. The van der Waals surface area contributed by atoms with Crippen molar-refractivity contribution in [2.45, 2.75) is 58.0 Å². The van der Waals surface area contributed by atoms with Crippen LogP contribution in [-0.4, -0.2) is 46.7 Å². The molecule has 4 atom stereocenters. The minimum Gasteiger partial charge on any atom is -0.508 e. The van der Waals surface area contributed by atoms with Crippen molar-refractivity contribution in [3.05, 3.63) is 99.3 Å². The lowest BCUT2D eigenvalue weighted by atomic mass is 9.58. The predicted octanol–water partition coefficient (Wildman–Crippen LogP) is 6.49. The second-order valence-corrected chi connectivity index (χ2v) is 13.0. The lowest BCUT2D eigenvalue weighted by Crippen LogP contribution is -2.46. The lowest BCUT2D eigenvalue weighted by Gasteiger charge is -2.43. The number of imide groups is 1. The predicted molar refractivity (Wildman–Crippen MR) is 172 cm³/mol. The van der Waals surface area contributed by atoms with Gasteiger partial charge in [0.25, 0.3) is 0 Å². The number of thiophene rings is 1. The quantitative estimate of drug-likeness (QED) is 0.146. The van der Waals surface area contributed by atoms with Gasteiger partial charge in [-0.25, -0.2) is 0 Å². The fraction of sp³-hybridized carbons (Fsp3) is 0.371. The first-order valence-electron chi connectivity index (χ1n) is 15.5. The number of carbonyl (C=O) groups excluding carboxylic acids is 2. The first-order valence-corrected chi connectivity index (χ1v) is 16.4. The minimum absolute atomic E-state index is 0.138. The normalized spacial score (nSPS) is 23.6. The molecule has 0 unspecified atom stereocenters. The smallest absolute Gasteiger partial charge is 0.455 e. The first kappa shape index (κ1) is 30.4. The van der Waals surface area contributed by atoms with Crippen molar-refractivity contribution in [1.29, 1.82) is 0 Å². The zero-order chi connectivity index (χ0) is 30.6. The van der Waals surface area contributed by atoms with Gasteiger partial charge in [0, 0.05) is 4.88 Å². The summed E-state index contributed by atoms with van der Waals surface area (Å²) in [5.74, 6) is -0.616. The molecule has 0 saturated carbocycles. The standard InChI is InChI=1S/C35H38BNO6S/c1-2-8-23(17-24-9-6-10-26(38)18-24)14-15-31-32-25(22-42-27-11-4-3-5-12-27)19-29-33(30(32)20-36(41)43-31)35(40)37(34(29)39)21-28-13-7-16-44-28/h3-7,9-13,16-18,29-31,33,38,41H,2,8,14-15,19-22H2,1H3/b23-17+/t29-,30+,31-,33-/m1/s1. The number of phenolic OH excluding ortho intramolecular Hbond substituents is 1. The number of rotatable bonds is 11. The van der Waals surface area contributed by atoms with Crippen LogP contribution >= 0.6 is 11.3 Å². The molecule has 7 nitrogen and oxygen atoms in total. The summed E-state index contributed by atoms with van der Waals surface area (Å²) >= 11 is 1.54. The van der Waals surface area contributed by atoms with Gasteiger partial charge in [-0.2, -0.15) is 0 Å². The molecule has 2 N–H and O–H groups in total. The Hall–Kier alpha value is -3.66. The SMILES string of the molecule is CCC/C(=C\c1cccc(O)c1)CC[C@H]1OB(O)C[C@H]2C1=C(COc1ccccc1)C[C@H]1C(=O)N(Cc3cccs3)C(=O)[C@H]12. The summed E-state index contributed by atoms with van der Waals surface area (Å²) in [5, 5.41) is 22.9. The highest BCUT2D eigenvalue weighted by atomic mass is 32.1. The van der Waals surface area contributed by atoms with Gasteiger partial charge in [0.2, 0.25) is 11.8 Å². The van der Waals surface area contributed by atoms with E-state index in [0.717, 1.165) is 46.6 Å². The van der Waals surface area contributed by atoms with Crippen LogP contribution in [0.1, 0.15) is 49.5 Å². The van der Waals surface area contributed by atoms with Crippen LogP contribution < -0.4 is 4.74 Å². The number of fused-ring (bicyclic) bond motifs is 3. The Balaban J connectivity index is 1.31. The van der Waals surface area contributed by atoms with Crippen LogP contribution in [-0.2, 0) is 20.8 Å². The van der Waals surface area contributed by atoms with Crippen LogP contribution in [0.2, 0.25) is 6.32 Å². The Bertz CT molecular complexity index is 1540. The van der Waals surface area contributed by atoms with Crippen LogP contribution in [0.15, 0.2) is 88.8 Å². The number of para-hydroxylation sites is 1. The number of amides is 2. The number of benzene rings is 2. The number of likely N-dealkylation sites (tertiary alicyclic amines) is 1. The molecule has 228 valence electrons. The maximum absolute atomic E-state index is 13.9. The number of carbonyl (C=O) groups is 2. The van der Waals surface area contributed by atoms with Gasteiger partial charge in [0.05, 0.1) is 24.5 Å². The Labute approximate surface area is 263 Å². The van der Waals surface area contributed by atoms with Crippen LogP contribution in [0.4, 0.5) is 0 Å². The molecule has 0 spiro atoms. The van der Waals surface area contributed by atoms with Crippen LogP contribution in [0.25, 0.3) is 6.08 Å². The molecule has 0 bridgehead atoms. The fourth-order valence-corrected chi connectivity index (χ4v) is 7.81. The van der Waals surface area contributed by atoms with E-state index < -0.39 is 25.1 Å². The van der Waals surface area contributed by atoms with Gasteiger partial charge in [-0.3, -0.25) is 14.5 Å². The van der Waals surface area contributed by atoms with Gasteiger partial charge in [0.1, 0.15) is 18.1 Å². The molecular weight excluding hydrogens is 573 g/mol. The summed E-state index contributed by atoms with van der Waals surface area (Å²) < 4.78 is 12.5. The summed E-state index contributed by atoms with van der Waals surface area (Å²) in [7, 11) is -1.03. The molecule has 44 heavy (non-hydrogen) atoms. The summed E-state index contributed by atoms with van der Waals surface area (Å²) in [6.45, 7) is 2.71. The molecule has 3 aromatic rings. The third-order valence-electron chi connectivity index (χ3n) is 8.99. The summed E-state index contributed by atoms with van der Waals surface area (Å²) in [6, 6.07) is 20.7. The highest BCUT2D eigenvalue weighted by Gasteiger charge is 2.57. The van der Waals surface area contributed by atoms with Crippen LogP contribution in [0.5, 0.6) is 11.5 Å². The van der Waals surface area contributed by atoms with E-state index in [2.05, 4.69) is 13.0 Å². The van der Waals surface area contributed by atoms with Gasteiger partial charge in [-0.05, 0) is 90.3 Å². The third kappa shape index (κ3) is 6.55. The molecule has 3 aliphatic rings. The number of aromatic hydroxyl groups is 1. The zero-order valence-corrected chi connectivity index (χ0v) is 25.7. The van der Waals surface area contributed by atoms with Crippen molar-refractivity contribution >= 4 is 36.3 Å². The fourth-order valence-electron chi connectivity index (χ4n) is 7.12. The molecule has 2 aliphatic heterocycles. The number of hydrogen-bond donors (Lipinski definition) is 2. The summed E-state index contributed by atoms with van der Waals surface area (Å²) in [4.78, 5) is 30.1. The molecule has 6 rings (SSSR count). The summed E-state index contributed by atoms with van der Waals surface area (Å²) in [6.07, 6.45) is 5.65. The van der Waals surface area contributed by atoms with Crippen molar-refractivity contribution in [3.8, 4) is 11.5 Å². The average molecular weight is 612 g/mol. The van der Waals surface area contributed by atoms with Crippen molar-refractivity contribution in [3.63, 3.8) is 0 Å². The molecule has 2 saturated heterocycles. The number of ether oxygens (including phenoxy) is 1. The molecule has 2 amide bonds. The Morgan fingerprint density at radius 1 is 1.07 bits per heavy atom. The molecule has 3 heterocycles. The van der Waals surface area contributed by atoms with E-state index in [4.69, 9.17) is 9.39 Å². The van der Waals surface area contributed by atoms with Gasteiger partial charge in [-0.15, -0.1) is 11.3 Å². The molecule has 1 aromatic heterocycles. The van der Waals surface area contributed by atoms with Crippen molar-refractivity contribution in [2.24, 2.45) is 17.8 Å². The van der Waals surface area contributed by atoms with Gasteiger partial charge >= 0.3 is 7.12 Å². The van der Waals surface area contributed by atoms with E-state index in [1.807, 2.05) is 60.0 Å².